The molecule has 126 valence electrons. The van der Waals surface area contributed by atoms with Gasteiger partial charge in [0, 0.05) is 25.2 Å². The number of rotatable bonds is 2. The quantitative estimate of drug-likeness (QED) is 0.865. The van der Waals surface area contributed by atoms with E-state index in [4.69, 9.17) is 0 Å². The normalized spacial score (nSPS) is 18.6. The van der Waals surface area contributed by atoms with E-state index in [9.17, 15) is 27.9 Å². The van der Waals surface area contributed by atoms with Gasteiger partial charge in [-0.1, -0.05) is 0 Å². The summed E-state index contributed by atoms with van der Waals surface area (Å²) in [6.45, 7) is 0.412. The van der Waals surface area contributed by atoms with Gasteiger partial charge in [-0.3, -0.25) is 9.59 Å². The summed E-state index contributed by atoms with van der Waals surface area (Å²) in [7, 11) is 0. The zero-order valence-corrected chi connectivity index (χ0v) is 12.2. The average Bonchev–Trinajstić information content (AvgIpc) is 2.45. The summed E-state index contributed by atoms with van der Waals surface area (Å²) in [5.41, 5.74) is 0.142. The highest BCUT2D eigenvalue weighted by molar-refractivity contribution is 5.98. The first-order chi connectivity index (χ1) is 10.7. The zero-order chi connectivity index (χ0) is 17.2. The van der Waals surface area contributed by atoms with E-state index < -0.39 is 30.5 Å². The number of amides is 2. The topological polar surface area (TPSA) is 78.9 Å². The van der Waals surface area contributed by atoms with Crippen molar-refractivity contribution < 1.29 is 32.6 Å². The minimum Gasteiger partial charge on any atom is -0.507 e. The lowest BCUT2D eigenvalue weighted by atomic mass is 10.1. The van der Waals surface area contributed by atoms with E-state index in [1.807, 2.05) is 0 Å². The summed E-state index contributed by atoms with van der Waals surface area (Å²) < 4.78 is 42.7. The van der Waals surface area contributed by atoms with E-state index in [0.29, 0.717) is 0 Å². The van der Waals surface area contributed by atoms with Crippen LogP contribution in [0.2, 0.25) is 0 Å². The number of nitrogens with one attached hydrogen (secondary N) is 1. The summed E-state index contributed by atoms with van der Waals surface area (Å²) in [5.74, 6) is -1.50. The number of phenols is 1. The maximum atomic E-state index is 12.7. The lowest BCUT2D eigenvalue weighted by Gasteiger charge is -2.33. The van der Waals surface area contributed by atoms with Crippen LogP contribution in [-0.2, 0) is 9.53 Å². The van der Waals surface area contributed by atoms with Crippen LogP contribution in [0.4, 0.5) is 18.9 Å². The van der Waals surface area contributed by atoms with Crippen molar-refractivity contribution in [3.8, 4) is 5.75 Å². The second-order valence-corrected chi connectivity index (χ2v) is 5.07. The first-order valence-electron chi connectivity index (χ1n) is 6.76. The Morgan fingerprint density at radius 3 is 2.65 bits per heavy atom. The van der Waals surface area contributed by atoms with Crippen molar-refractivity contribution in [1.29, 1.82) is 0 Å². The Morgan fingerprint density at radius 2 is 2.09 bits per heavy atom. The molecule has 0 aromatic heterocycles. The van der Waals surface area contributed by atoms with Gasteiger partial charge in [-0.25, -0.2) is 0 Å². The predicted molar refractivity (Wildman–Crippen MR) is 74.1 cm³/mol. The molecule has 0 unspecified atom stereocenters. The molecule has 2 rings (SSSR count). The van der Waals surface area contributed by atoms with E-state index >= 15 is 0 Å². The highest BCUT2D eigenvalue weighted by Gasteiger charge is 2.44. The molecule has 1 aliphatic rings. The highest BCUT2D eigenvalue weighted by Crippen LogP contribution is 2.28. The van der Waals surface area contributed by atoms with Crippen molar-refractivity contribution in [3.63, 3.8) is 0 Å². The molecule has 9 heteroatoms. The summed E-state index contributed by atoms with van der Waals surface area (Å²) in [6, 6.07) is 3.80. The number of carbonyl (C=O) groups is 2. The average molecular weight is 332 g/mol. The Balaban J connectivity index is 2.15. The van der Waals surface area contributed by atoms with Gasteiger partial charge in [0.1, 0.15) is 5.75 Å². The van der Waals surface area contributed by atoms with Gasteiger partial charge in [-0.05, 0) is 12.1 Å². The number of anilines is 1. The van der Waals surface area contributed by atoms with Gasteiger partial charge in [0.05, 0.1) is 18.7 Å². The molecule has 1 atom stereocenters. The summed E-state index contributed by atoms with van der Waals surface area (Å²) in [6.07, 6.45) is -6.60. The molecule has 0 radical (unpaired) electrons. The van der Waals surface area contributed by atoms with Crippen LogP contribution in [0.1, 0.15) is 17.3 Å². The van der Waals surface area contributed by atoms with Crippen LogP contribution in [0.15, 0.2) is 18.2 Å². The van der Waals surface area contributed by atoms with E-state index in [1.165, 1.54) is 19.1 Å². The SMILES string of the molecule is CC(=O)Nc1ccc(C(=O)N2CCO[C@H](C(F)(F)F)C2)c(O)c1. The molecular weight excluding hydrogens is 317 g/mol. The number of hydrogen-bond acceptors (Lipinski definition) is 4. The van der Waals surface area contributed by atoms with Gasteiger partial charge in [0.2, 0.25) is 5.91 Å². The Morgan fingerprint density at radius 1 is 1.39 bits per heavy atom. The fraction of sp³-hybridized carbons (Fsp3) is 0.429. The van der Waals surface area contributed by atoms with E-state index in [2.05, 4.69) is 10.1 Å². The lowest BCUT2D eigenvalue weighted by molar-refractivity contribution is -0.233. The van der Waals surface area contributed by atoms with E-state index in [1.54, 1.807) is 0 Å². The molecule has 1 aromatic carbocycles. The van der Waals surface area contributed by atoms with Crippen molar-refractivity contribution >= 4 is 17.5 Å². The van der Waals surface area contributed by atoms with Crippen molar-refractivity contribution in [3.05, 3.63) is 23.8 Å². The van der Waals surface area contributed by atoms with Crippen LogP contribution in [0.25, 0.3) is 0 Å². The number of nitrogens with zero attached hydrogens (tertiary/aromatic N) is 1. The van der Waals surface area contributed by atoms with Gasteiger partial charge in [-0.2, -0.15) is 13.2 Å². The molecule has 0 aliphatic carbocycles. The number of alkyl halides is 3. The molecular formula is C14H15F3N2O4. The Labute approximate surface area is 129 Å². The summed E-state index contributed by atoms with van der Waals surface area (Å²) in [4.78, 5) is 24.2. The van der Waals surface area contributed by atoms with Gasteiger partial charge in [0.15, 0.2) is 6.10 Å². The summed E-state index contributed by atoms with van der Waals surface area (Å²) in [5, 5.41) is 12.3. The van der Waals surface area contributed by atoms with Crippen LogP contribution in [0.5, 0.6) is 5.75 Å². The first kappa shape index (κ1) is 17.1. The van der Waals surface area contributed by atoms with Gasteiger partial charge >= 0.3 is 6.18 Å². The maximum absolute atomic E-state index is 12.7. The van der Waals surface area contributed by atoms with Crippen molar-refractivity contribution in [1.82, 2.24) is 4.90 Å². The second-order valence-electron chi connectivity index (χ2n) is 5.07. The van der Waals surface area contributed by atoms with Crippen molar-refractivity contribution in [2.45, 2.75) is 19.2 Å². The number of carbonyl (C=O) groups excluding carboxylic acids is 2. The number of morpholine rings is 1. The van der Waals surface area contributed by atoms with Crippen LogP contribution in [-0.4, -0.2) is 53.8 Å². The summed E-state index contributed by atoms with van der Waals surface area (Å²) >= 11 is 0. The molecule has 6 nitrogen and oxygen atoms in total. The Bertz CT molecular complexity index is 619. The first-order valence-corrected chi connectivity index (χ1v) is 6.76. The van der Waals surface area contributed by atoms with Crippen LogP contribution in [0, 0.1) is 0 Å². The molecule has 1 aliphatic heterocycles. The second kappa shape index (κ2) is 6.45. The third-order valence-corrected chi connectivity index (χ3v) is 3.27. The Hall–Kier alpha value is -2.29. The number of halogens is 3. The zero-order valence-electron chi connectivity index (χ0n) is 12.2. The minimum atomic E-state index is -4.56. The molecule has 1 heterocycles. The van der Waals surface area contributed by atoms with Crippen LogP contribution < -0.4 is 5.32 Å². The monoisotopic (exact) mass is 332 g/mol. The van der Waals surface area contributed by atoms with E-state index in [-0.39, 0.29) is 30.3 Å². The number of phenolic OH excluding ortho intramolecular Hbond substituents is 1. The maximum Gasteiger partial charge on any atom is 0.416 e. The molecule has 1 saturated heterocycles. The largest absolute Gasteiger partial charge is 0.507 e. The predicted octanol–water partition coefficient (Wildman–Crippen LogP) is 1.75. The van der Waals surface area contributed by atoms with Gasteiger partial charge in [0.25, 0.3) is 5.91 Å². The van der Waals surface area contributed by atoms with Crippen LogP contribution in [0.3, 0.4) is 0 Å². The molecule has 2 amide bonds. The van der Waals surface area contributed by atoms with Crippen molar-refractivity contribution in [2.75, 3.05) is 25.0 Å². The molecule has 0 bridgehead atoms. The van der Waals surface area contributed by atoms with Gasteiger partial charge in [-0.15, -0.1) is 0 Å². The third kappa shape index (κ3) is 4.13. The molecule has 1 aromatic rings. The van der Waals surface area contributed by atoms with Crippen molar-refractivity contribution in [2.24, 2.45) is 0 Å². The molecule has 0 saturated carbocycles. The number of hydrogen-bond donors (Lipinski definition) is 2. The minimum absolute atomic E-state index is 0.00169. The lowest BCUT2D eigenvalue weighted by Crippen LogP contribution is -2.51. The number of benzene rings is 1. The van der Waals surface area contributed by atoms with Gasteiger partial charge < -0.3 is 20.1 Å². The standard InChI is InChI=1S/C14H15F3N2O4/c1-8(20)18-9-2-3-10(11(21)6-9)13(22)19-4-5-23-12(7-19)14(15,16)17/h2-3,6,12,21H,4-5,7H2,1H3,(H,18,20)/t12-/m0/s1. The van der Waals surface area contributed by atoms with Crippen LogP contribution >= 0.6 is 0 Å². The molecule has 2 N–H and O–H groups in total. The molecule has 0 spiro atoms. The fourth-order valence-electron chi connectivity index (χ4n) is 2.20. The molecule has 1 fully saturated rings. The highest BCUT2D eigenvalue weighted by atomic mass is 19.4. The Kier molecular flexibility index (Phi) is 4.79. The fourth-order valence-corrected chi connectivity index (χ4v) is 2.20. The smallest absolute Gasteiger partial charge is 0.416 e. The number of ether oxygens (including phenoxy) is 1. The number of aromatic hydroxyl groups is 1. The molecule has 23 heavy (non-hydrogen) atoms. The third-order valence-electron chi connectivity index (χ3n) is 3.27. The van der Waals surface area contributed by atoms with E-state index in [0.717, 1.165) is 11.0 Å².